The number of hydrogen-bond donors (Lipinski definition) is 0. The van der Waals surface area contributed by atoms with Gasteiger partial charge in [-0.15, -0.1) is 0 Å². The standard InChI is InChI=1S/C21H16ClN4.W/c22-18-8-6-17(7-9-18)20-21(19-10-12-23-14-24-19)26(15-25-20)13-11-16-4-2-1-3-5-16;/h1-10,12,14H,11,13H2;/q-1;+2. The van der Waals surface area contributed by atoms with Crippen molar-refractivity contribution in [1.29, 1.82) is 0 Å². The molecule has 0 radical (unpaired) electrons. The minimum atomic E-state index is 0. The normalized spacial score (nSPS) is 10.4. The van der Waals surface area contributed by atoms with Crippen LogP contribution in [0.15, 0.2) is 73.2 Å². The van der Waals surface area contributed by atoms with Gasteiger partial charge < -0.3 is 9.55 Å². The Hall–Kier alpha value is -2.29. The molecule has 27 heavy (non-hydrogen) atoms. The van der Waals surface area contributed by atoms with Gasteiger partial charge in [0.05, 0.1) is 0 Å². The number of halogens is 1. The molecule has 2 heterocycles. The zero-order valence-electron chi connectivity index (χ0n) is 14.4. The first-order chi connectivity index (χ1) is 12.8. The molecule has 6 heteroatoms. The van der Waals surface area contributed by atoms with E-state index in [9.17, 15) is 0 Å². The average Bonchev–Trinajstić information content (AvgIpc) is 3.12. The molecule has 2 aromatic heterocycles. The molecule has 0 saturated heterocycles. The number of imidazole rings is 1. The van der Waals surface area contributed by atoms with Crippen LogP contribution in [0.2, 0.25) is 5.02 Å². The molecule has 0 atom stereocenters. The molecule has 4 nitrogen and oxygen atoms in total. The Morgan fingerprint density at radius 1 is 0.963 bits per heavy atom. The van der Waals surface area contributed by atoms with Crippen LogP contribution in [0, 0.1) is 6.33 Å². The van der Waals surface area contributed by atoms with E-state index < -0.39 is 0 Å². The zero-order valence-corrected chi connectivity index (χ0v) is 18.1. The third-order valence-corrected chi connectivity index (χ3v) is 4.44. The first-order valence-electron chi connectivity index (χ1n) is 8.36. The van der Waals surface area contributed by atoms with Crippen LogP contribution in [-0.2, 0) is 34.0 Å². The van der Waals surface area contributed by atoms with Crippen LogP contribution < -0.4 is 0 Å². The van der Waals surface area contributed by atoms with Gasteiger partial charge in [0.2, 0.25) is 0 Å². The third-order valence-electron chi connectivity index (χ3n) is 4.19. The smallest absolute Gasteiger partial charge is 0.445 e. The predicted molar refractivity (Wildman–Crippen MR) is 103 cm³/mol. The van der Waals surface area contributed by atoms with Gasteiger partial charge in [0.15, 0.2) is 0 Å². The quantitative estimate of drug-likeness (QED) is 0.343. The van der Waals surface area contributed by atoms with E-state index in [4.69, 9.17) is 11.6 Å². The van der Waals surface area contributed by atoms with Crippen molar-refractivity contribution in [3.63, 3.8) is 0 Å². The predicted octanol–water partition coefficient (Wildman–Crippen LogP) is 4.70. The number of benzene rings is 2. The fourth-order valence-corrected chi connectivity index (χ4v) is 3.01. The van der Waals surface area contributed by atoms with Crippen molar-refractivity contribution in [2.45, 2.75) is 13.0 Å². The van der Waals surface area contributed by atoms with E-state index in [2.05, 4.69) is 45.5 Å². The minimum absolute atomic E-state index is 0. The molecule has 0 aliphatic carbocycles. The molecular weight excluding hydrogens is 528 g/mol. The molecule has 2 aromatic carbocycles. The summed E-state index contributed by atoms with van der Waals surface area (Å²) in [5, 5.41) is 0.699. The maximum absolute atomic E-state index is 6.02. The van der Waals surface area contributed by atoms with E-state index in [1.165, 1.54) is 5.56 Å². The van der Waals surface area contributed by atoms with Crippen molar-refractivity contribution < 1.29 is 21.1 Å². The number of hydrogen-bond acceptors (Lipinski definition) is 3. The molecule has 0 bridgehead atoms. The minimum Gasteiger partial charge on any atom is -0.445 e. The molecule has 4 aromatic rings. The van der Waals surface area contributed by atoms with E-state index in [0.717, 1.165) is 35.6 Å². The summed E-state index contributed by atoms with van der Waals surface area (Å²) >= 11 is 6.02. The van der Waals surface area contributed by atoms with Gasteiger partial charge in [-0.3, -0.25) is 0 Å². The number of aromatic nitrogens is 4. The van der Waals surface area contributed by atoms with Gasteiger partial charge in [0.1, 0.15) is 6.33 Å². The van der Waals surface area contributed by atoms with Crippen molar-refractivity contribution >= 4 is 11.6 Å². The van der Waals surface area contributed by atoms with E-state index >= 15 is 0 Å². The second-order valence-corrected chi connectivity index (χ2v) is 6.33. The molecule has 0 saturated carbocycles. The maximum Gasteiger partial charge on any atom is 2.00 e. The van der Waals surface area contributed by atoms with Crippen LogP contribution in [0.5, 0.6) is 0 Å². The molecule has 4 rings (SSSR count). The van der Waals surface area contributed by atoms with E-state index in [-0.39, 0.29) is 21.1 Å². The molecule has 0 N–H and O–H groups in total. The van der Waals surface area contributed by atoms with Crippen molar-refractivity contribution in [3.05, 3.63) is 90.1 Å². The van der Waals surface area contributed by atoms with Gasteiger partial charge in [-0.2, -0.15) is 0 Å². The second kappa shape index (κ2) is 9.07. The zero-order chi connectivity index (χ0) is 17.8. The number of rotatable bonds is 5. The van der Waals surface area contributed by atoms with Crippen LogP contribution in [0.25, 0.3) is 22.6 Å². The average molecular weight is 544 g/mol. The van der Waals surface area contributed by atoms with Gasteiger partial charge in [0.25, 0.3) is 0 Å². The Morgan fingerprint density at radius 3 is 2.44 bits per heavy atom. The summed E-state index contributed by atoms with van der Waals surface area (Å²) in [6.45, 7) is 0.768. The largest absolute Gasteiger partial charge is 2.00 e. The first kappa shape index (κ1) is 19.5. The second-order valence-electron chi connectivity index (χ2n) is 5.90. The molecule has 0 fully saturated rings. The molecule has 0 spiro atoms. The van der Waals surface area contributed by atoms with Gasteiger partial charge in [-0.25, -0.2) is 9.97 Å². The summed E-state index contributed by atoms with van der Waals surface area (Å²) in [6.07, 6.45) is 7.31. The Kier molecular flexibility index (Phi) is 6.54. The SMILES string of the molecule is Clc1ccc(-c2n[c-]n(CCc3ccccc3)c2-c2ccncn2)cc1.[W+2]. The van der Waals surface area contributed by atoms with E-state index in [1.807, 2.05) is 41.0 Å². The number of nitrogens with zero attached hydrogens (tertiary/aromatic N) is 4. The van der Waals surface area contributed by atoms with Crippen molar-refractivity contribution in [3.8, 4) is 22.6 Å². The summed E-state index contributed by atoms with van der Waals surface area (Å²) < 4.78 is 2.03. The Morgan fingerprint density at radius 2 is 1.74 bits per heavy atom. The van der Waals surface area contributed by atoms with Crippen molar-refractivity contribution in [2.75, 3.05) is 0 Å². The fourth-order valence-electron chi connectivity index (χ4n) is 2.89. The first-order valence-corrected chi connectivity index (χ1v) is 8.73. The third kappa shape index (κ3) is 4.52. The summed E-state index contributed by atoms with van der Waals surface area (Å²) in [4.78, 5) is 13.0. The van der Waals surface area contributed by atoms with E-state index in [1.54, 1.807) is 12.5 Å². The summed E-state index contributed by atoms with van der Waals surface area (Å²) in [5.74, 6) is 0. The van der Waals surface area contributed by atoms with Crippen LogP contribution in [-0.4, -0.2) is 19.5 Å². The van der Waals surface area contributed by atoms with Crippen molar-refractivity contribution in [2.24, 2.45) is 0 Å². The molecule has 0 aliphatic rings. The summed E-state index contributed by atoms with van der Waals surface area (Å²) in [5.41, 5.74) is 4.86. The van der Waals surface area contributed by atoms with Crippen LogP contribution in [0.4, 0.5) is 0 Å². The van der Waals surface area contributed by atoms with Crippen molar-refractivity contribution in [1.82, 2.24) is 19.5 Å². The van der Waals surface area contributed by atoms with Gasteiger partial charge in [0, 0.05) is 29.8 Å². The molecule has 132 valence electrons. The van der Waals surface area contributed by atoms with Gasteiger partial charge in [-0.1, -0.05) is 71.0 Å². The maximum atomic E-state index is 6.02. The van der Waals surface area contributed by atoms with Gasteiger partial charge in [-0.05, 0) is 30.2 Å². The topological polar surface area (TPSA) is 43.6 Å². The molecular formula is C21H16ClN4W+. The monoisotopic (exact) mass is 543 g/mol. The molecule has 0 amide bonds. The van der Waals surface area contributed by atoms with Crippen LogP contribution in [0.3, 0.4) is 0 Å². The summed E-state index contributed by atoms with van der Waals surface area (Å²) in [6, 6.07) is 19.9. The van der Waals surface area contributed by atoms with Crippen LogP contribution >= 0.6 is 11.6 Å². The molecule has 0 unspecified atom stereocenters. The number of aryl methyl sites for hydroxylation is 2. The van der Waals surface area contributed by atoms with Gasteiger partial charge >= 0.3 is 21.1 Å². The Labute approximate surface area is 177 Å². The molecule has 0 aliphatic heterocycles. The Balaban J connectivity index is 0.00000210. The van der Waals surface area contributed by atoms with E-state index in [0.29, 0.717) is 5.02 Å². The fraction of sp³-hybridized carbons (Fsp3) is 0.0952. The summed E-state index contributed by atoms with van der Waals surface area (Å²) in [7, 11) is 0. The van der Waals surface area contributed by atoms with Crippen LogP contribution in [0.1, 0.15) is 5.56 Å². The Bertz CT molecular complexity index is 986.